The van der Waals surface area contributed by atoms with Crippen molar-refractivity contribution in [1.29, 1.82) is 0 Å². The van der Waals surface area contributed by atoms with Gasteiger partial charge in [-0.25, -0.2) is 0 Å². The third-order valence-corrected chi connectivity index (χ3v) is 6.79. The maximum atomic E-state index is 5.84. The molecule has 0 aliphatic carbocycles. The second-order valence-corrected chi connectivity index (χ2v) is 10.4. The molecule has 0 amide bonds. The lowest BCUT2D eigenvalue weighted by Gasteiger charge is -2.12. The molecule has 0 atom stereocenters. The Morgan fingerprint density at radius 2 is 0.697 bits per heavy atom. The summed E-state index contributed by atoms with van der Waals surface area (Å²) in [5.41, 5.74) is 0. The Morgan fingerprint density at radius 3 is 1.06 bits per heavy atom. The van der Waals surface area contributed by atoms with Gasteiger partial charge in [0, 0.05) is 13.2 Å². The molecule has 2 nitrogen and oxygen atoms in total. The lowest BCUT2D eigenvalue weighted by Crippen LogP contribution is -2.09. The highest BCUT2D eigenvalue weighted by Crippen LogP contribution is 2.14. The fraction of sp³-hybridized carbons (Fsp3) is 0.968. The van der Waals surface area contributed by atoms with Gasteiger partial charge in [-0.15, -0.1) is 0 Å². The molecule has 0 heterocycles. The van der Waals surface area contributed by atoms with Gasteiger partial charge in [0.15, 0.2) is 0 Å². The Morgan fingerprint density at radius 1 is 0.394 bits per heavy atom. The van der Waals surface area contributed by atoms with E-state index in [4.69, 9.17) is 9.47 Å². The molecule has 0 spiro atoms. The van der Waals surface area contributed by atoms with Crippen LogP contribution in [-0.2, 0) is 9.47 Å². The predicted molar refractivity (Wildman–Crippen MR) is 148 cm³/mol. The molecule has 0 aliphatic heterocycles. The van der Waals surface area contributed by atoms with Crippen LogP contribution >= 0.6 is 0 Å². The SMILES string of the molecule is CCCCCCCCCCCCCCOC[C](C)OCCCCCCCCCCCCCC. The van der Waals surface area contributed by atoms with Crippen LogP contribution in [0.4, 0.5) is 0 Å². The minimum absolute atomic E-state index is 0.677. The van der Waals surface area contributed by atoms with E-state index >= 15 is 0 Å². The minimum Gasteiger partial charge on any atom is -0.378 e. The van der Waals surface area contributed by atoms with Gasteiger partial charge in [-0.3, -0.25) is 0 Å². The lowest BCUT2D eigenvalue weighted by atomic mass is 10.1. The second-order valence-electron chi connectivity index (χ2n) is 10.4. The highest BCUT2D eigenvalue weighted by molar-refractivity contribution is 4.69. The van der Waals surface area contributed by atoms with Gasteiger partial charge < -0.3 is 9.47 Å². The highest BCUT2D eigenvalue weighted by atomic mass is 16.5. The fourth-order valence-electron chi connectivity index (χ4n) is 4.49. The van der Waals surface area contributed by atoms with Crippen LogP contribution in [0.3, 0.4) is 0 Å². The lowest BCUT2D eigenvalue weighted by molar-refractivity contribution is 0.0532. The van der Waals surface area contributed by atoms with E-state index in [1.165, 1.54) is 154 Å². The van der Waals surface area contributed by atoms with Crippen LogP contribution < -0.4 is 0 Å². The van der Waals surface area contributed by atoms with E-state index < -0.39 is 0 Å². The average molecular weight is 468 g/mol. The van der Waals surface area contributed by atoms with Crippen molar-refractivity contribution in [2.45, 2.75) is 175 Å². The number of unbranched alkanes of at least 4 members (excludes halogenated alkanes) is 22. The summed E-state index contributed by atoms with van der Waals surface area (Å²) in [6, 6.07) is 0. The van der Waals surface area contributed by atoms with Crippen LogP contribution in [0.2, 0.25) is 0 Å². The van der Waals surface area contributed by atoms with Crippen LogP contribution in [0, 0.1) is 6.10 Å². The molecule has 0 aromatic rings. The molecule has 0 aromatic carbocycles. The van der Waals surface area contributed by atoms with Crippen molar-refractivity contribution < 1.29 is 9.47 Å². The van der Waals surface area contributed by atoms with Gasteiger partial charge in [-0.05, 0) is 19.8 Å². The predicted octanol–water partition coefficient (Wildman–Crippen LogP) is 11.0. The van der Waals surface area contributed by atoms with Crippen LogP contribution in [0.15, 0.2) is 0 Å². The van der Waals surface area contributed by atoms with E-state index in [9.17, 15) is 0 Å². The zero-order valence-corrected chi connectivity index (χ0v) is 23.4. The Labute approximate surface area is 210 Å². The van der Waals surface area contributed by atoms with E-state index in [1.54, 1.807) is 0 Å². The summed E-state index contributed by atoms with van der Waals surface area (Å²) in [4.78, 5) is 0. The molecule has 0 aromatic heterocycles. The van der Waals surface area contributed by atoms with Crippen LogP contribution in [-0.4, -0.2) is 19.8 Å². The Hall–Kier alpha value is -0.0800. The van der Waals surface area contributed by atoms with Gasteiger partial charge in [0.1, 0.15) is 6.10 Å². The van der Waals surface area contributed by atoms with E-state index in [0.717, 1.165) is 19.3 Å². The van der Waals surface area contributed by atoms with Gasteiger partial charge >= 0.3 is 0 Å². The smallest absolute Gasteiger partial charge is 0.119 e. The largest absolute Gasteiger partial charge is 0.378 e. The van der Waals surface area contributed by atoms with Crippen molar-refractivity contribution in [1.82, 2.24) is 0 Å². The molecule has 0 aliphatic rings. The summed E-state index contributed by atoms with van der Waals surface area (Å²) in [7, 11) is 0. The topological polar surface area (TPSA) is 18.5 Å². The maximum Gasteiger partial charge on any atom is 0.119 e. The van der Waals surface area contributed by atoms with Crippen molar-refractivity contribution in [2.24, 2.45) is 0 Å². The maximum absolute atomic E-state index is 5.84. The zero-order chi connectivity index (χ0) is 24.1. The number of hydrogen-bond donors (Lipinski definition) is 0. The Kier molecular flexibility index (Phi) is 29.9. The van der Waals surface area contributed by atoms with Gasteiger partial charge in [0.25, 0.3) is 0 Å². The summed E-state index contributed by atoms with van der Waals surface area (Å²) >= 11 is 0. The summed E-state index contributed by atoms with van der Waals surface area (Å²) in [5, 5.41) is 0. The minimum atomic E-state index is 0.677. The van der Waals surface area contributed by atoms with Gasteiger partial charge in [-0.1, -0.05) is 155 Å². The normalized spacial score (nSPS) is 11.6. The molecular weight excluding hydrogens is 404 g/mol. The quantitative estimate of drug-likeness (QED) is 0.102. The Bertz CT molecular complexity index is 331. The molecule has 0 saturated carbocycles. The van der Waals surface area contributed by atoms with Crippen molar-refractivity contribution in [3.63, 3.8) is 0 Å². The summed E-state index contributed by atoms with van der Waals surface area (Å²) in [6.45, 7) is 9.08. The molecule has 33 heavy (non-hydrogen) atoms. The number of hydrogen-bond acceptors (Lipinski definition) is 2. The van der Waals surface area contributed by atoms with Crippen molar-refractivity contribution in [3.05, 3.63) is 6.10 Å². The van der Waals surface area contributed by atoms with E-state index in [2.05, 4.69) is 20.8 Å². The van der Waals surface area contributed by atoms with Crippen LogP contribution in [0.5, 0.6) is 0 Å². The molecule has 0 unspecified atom stereocenters. The molecule has 2 heteroatoms. The van der Waals surface area contributed by atoms with Gasteiger partial charge in [0.2, 0.25) is 0 Å². The number of rotatable bonds is 29. The Balaban J connectivity index is 3.13. The van der Waals surface area contributed by atoms with Crippen LogP contribution in [0.25, 0.3) is 0 Å². The van der Waals surface area contributed by atoms with Crippen molar-refractivity contribution in [3.8, 4) is 0 Å². The molecule has 0 rings (SSSR count). The monoisotopic (exact) mass is 467 g/mol. The average Bonchev–Trinajstić information content (AvgIpc) is 2.82. The van der Waals surface area contributed by atoms with Crippen molar-refractivity contribution in [2.75, 3.05) is 19.8 Å². The van der Waals surface area contributed by atoms with Crippen LogP contribution in [0.1, 0.15) is 175 Å². The standard InChI is InChI=1S/C31H63O2/c1-4-6-8-10-12-14-16-18-20-22-24-26-28-32-30-31(3)33-29-27-25-23-21-19-17-15-13-11-9-7-5-2/h4-30H2,1-3H3. The third-order valence-electron chi connectivity index (χ3n) is 6.79. The second kappa shape index (κ2) is 30.0. The van der Waals surface area contributed by atoms with Gasteiger partial charge in [0.05, 0.1) is 6.61 Å². The van der Waals surface area contributed by atoms with E-state index in [-0.39, 0.29) is 0 Å². The molecule has 0 saturated heterocycles. The fourth-order valence-corrected chi connectivity index (χ4v) is 4.49. The molecule has 0 bridgehead atoms. The third kappa shape index (κ3) is 29.9. The van der Waals surface area contributed by atoms with Gasteiger partial charge in [-0.2, -0.15) is 0 Å². The molecule has 1 radical (unpaired) electrons. The molecule has 199 valence electrons. The first-order valence-corrected chi connectivity index (χ1v) is 15.3. The molecule has 0 N–H and O–H groups in total. The van der Waals surface area contributed by atoms with E-state index in [1.807, 2.05) is 0 Å². The van der Waals surface area contributed by atoms with Crippen molar-refractivity contribution >= 4 is 0 Å². The molecule has 0 fully saturated rings. The first kappa shape index (κ1) is 32.9. The first-order valence-electron chi connectivity index (χ1n) is 15.3. The highest BCUT2D eigenvalue weighted by Gasteiger charge is 2.03. The molecular formula is C31H63O2. The van der Waals surface area contributed by atoms with E-state index in [0.29, 0.717) is 6.61 Å². The first-order chi connectivity index (χ1) is 16.3. The summed E-state index contributed by atoms with van der Waals surface area (Å²) < 4.78 is 11.6. The number of ether oxygens (including phenoxy) is 2. The summed E-state index contributed by atoms with van der Waals surface area (Å²) in [5.74, 6) is 0. The zero-order valence-electron chi connectivity index (χ0n) is 23.4. The summed E-state index contributed by atoms with van der Waals surface area (Å²) in [6.07, 6.45) is 34.5.